The summed E-state index contributed by atoms with van der Waals surface area (Å²) in [5.41, 5.74) is 5.20. The molecule has 0 saturated heterocycles. The summed E-state index contributed by atoms with van der Waals surface area (Å²) in [5.74, 6) is 0.0311. The first-order chi connectivity index (χ1) is 5.18. The van der Waals surface area contributed by atoms with Crippen LogP contribution in [0.4, 0.5) is 0 Å². The van der Waals surface area contributed by atoms with Gasteiger partial charge in [-0.3, -0.25) is 4.79 Å². The van der Waals surface area contributed by atoms with Crippen molar-refractivity contribution in [2.45, 2.75) is 12.5 Å². The molecule has 0 rings (SSSR count). The van der Waals surface area contributed by atoms with Crippen LogP contribution < -0.4 is 5.73 Å². The first-order valence-electron chi connectivity index (χ1n) is 3.11. The van der Waals surface area contributed by atoms with Crippen molar-refractivity contribution in [2.24, 2.45) is 5.73 Å². The van der Waals surface area contributed by atoms with E-state index in [9.17, 15) is 4.79 Å². The second-order valence-corrected chi connectivity index (χ2v) is 3.08. The molecule has 0 aliphatic rings. The van der Waals surface area contributed by atoms with E-state index >= 15 is 0 Å². The summed E-state index contributed by atoms with van der Waals surface area (Å²) in [5, 5.41) is 16.5. The molecule has 11 heavy (non-hydrogen) atoms. The van der Waals surface area contributed by atoms with E-state index in [1.54, 1.807) is 0 Å². The summed E-state index contributed by atoms with van der Waals surface area (Å²) >= 11 is 1.39. The summed E-state index contributed by atoms with van der Waals surface area (Å²) in [6, 6.07) is 1.15. The number of aliphatic carboxylic acids is 1. The number of nitriles is 1. The Morgan fingerprint density at radius 1 is 1.82 bits per heavy atom. The van der Waals surface area contributed by atoms with E-state index < -0.39 is 12.0 Å². The van der Waals surface area contributed by atoms with Crippen molar-refractivity contribution < 1.29 is 9.90 Å². The highest BCUT2D eigenvalue weighted by molar-refractivity contribution is 7.99. The number of thioether (sulfide) groups is 1. The molecule has 3 N–H and O–H groups in total. The van der Waals surface area contributed by atoms with Crippen LogP contribution >= 0.6 is 11.8 Å². The fourth-order valence-electron chi connectivity index (χ4n) is 0.399. The maximum Gasteiger partial charge on any atom is 0.321 e. The van der Waals surface area contributed by atoms with Gasteiger partial charge in [-0.2, -0.15) is 17.0 Å². The monoisotopic (exact) mass is 174 g/mol. The fraction of sp³-hybridized carbons (Fsp3) is 0.667. The second-order valence-electron chi connectivity index (χ2n) is 1.93. The van der Waals surface area contributed by atoms with E-state index in [4.69, 9.17) is 16.1 Å². The van der Waals surface area contributed by atoms with Crippen LogP contribution in [0.1, 0.15) is 6.42 Å². The predicted molar refractivity (Wildman–Crippen MR) is 43.2 cm³/mol. The highest BCUT2D eigenvalue weighted by atomic mass is 32.2. The van der Waals surface area contributed by atoms with Gasteiger partial charge in [-0.05, 0) is 0 Å². The van der Waals surface area contributed by atoms with Crippen molar-refractivity contribution in [3.05, 3.63) is 0 Å². The zero-order chi connectivity index (χ0) is 8.69. The zero-order valence-electron chi connectivity index (χ0n) is 5.99. The molecule has 0 spiro atoms. The molecule has 4 nitrogen and oxygen atoms in total. The largest absolute Gasteiger partial charge is 0.480 e. The van der Waals surface area contributed by atoms with Gasteiger partial charge in [0, 0.05) is 17.9 Å². The minimum absolute atomic E-state index is 0.372. The number of nitrogens with two attached hydrogens (primary N) is 1. The third-order valence-corrected chi connectivity index (χ3v) is 2.06. The van der Waals surface area contributed by atoms with Crippen molar-refractivity contribution in [1.29, 1.82) is 5.26 Å². The average Bonchev–Trinajstić information content (AvgIpc) is 1.97. The molecule has 0 radical (unpaired) electrons. The number of rotatable bonds is 5. The lowest BCUT2D eigenvalue weighted by molar-refractivity contribution is -0.137. The Morgan fingerprint density at radius 2 is 2.45 bits per heavy atom. The SMILES string of the molecule is N#CCCSC[C@H](N)C(=O)O. The number of hydrogen-bond donors (Lipinski definition) is 2. The van der Waals surface area contributed by atoms with Crippen LogP contribution in [0.25, 0.3) is 0 Å². The first-order valence-corrected chi connectivity index (χ1v) is 4.27. The third-order valence-electron chi connectivity index (χ3n) is 0.973. The molecular formula is C6H10N2O2S. The van der Waals surface area contributed by atoms with Crippen molar-refractivity contribution in [2.75, 3.05) is 11.5 Å². The second kappa shape index (κ2) is 6.01. The number of hydrogen-bond acceptors (Lipinski definition) is 4. The van der Waals surface area contributed by atoms with Crippen LogP contribution in [0.5, 0.6) is 0 Å². The van der Waals surface area contributed by atoms with Crippen LogP contribution in [0, 0.1) is 11.3 Å². The summed E-state index contributed by atoms with van der Waals surface area (Å²) in [6.07, 6.45) is 0.441. The summed E-state index contributed by atoms with van der Waals surface area (Å²) in [7, 11) is 0. The number of carboxylic acid groups (broad SMARTS) is 1. The van der Waals surface area contributed by atoms with Gasteiger partial charge in [0.1, 0.15) is 6.04 Å². The van der Waals surface area contributed by atoms with Crippen LogP contribution in [-0.4, -0.2) is 28.6 Å². The summed E-state index contributed by atoms with van der Waals surface area (Å²) < 4.78 is 0. The first kappa shape index (κ1) is 10.3. The molecule has 1 atom stereocenters. The molecule has 0 aromatic heterocycles. The van der Waals surface area contributed by atoms with E-state index in [0.29, 0.717) is 17.9 Å². The predicted octanol–water partition coefficient (Wildman–Crippen LogP) is 0.0452. The molecule has 0 aromatic rings. The molecule has 0 fully saturated rings. The van der Waals surface area contributed by atoms with Gasteiger partial charge < -0.3 is 10.8 Å². The molecule has 0 bridgehead atoms. The molecule has 0 saturated carbocycles. The molecule has 62 valence electrons. The topological polar surface area (TPSA) is 87.1 Å². The zero-order valence-corrected chi connectivity index (χ0v) is 6.80. The van der Waals surface area contributed by atoms with Crippen molar-refractivity contribution in [3.63, 3.8) is 0 Å². The van der Waals surface area contributed by atoms with Crippen molar-refractivity contribution in [3.8, 4) is 6.07 Å². The minimum atomic E-state index is -0.991. The maximum atomic E-state index is 10.2. The maximum absolute atomic E-state index is 10.2. The van der Waals surface area contributed by atoms with E-state index in [-0.39, 0.29) is 0 Å². The lowest BCUT2D eigenvalue weighted by Gasteiger charge is -2.03. The van der Waals surface area contributed by atoms with Crippen LogP contribution in [0.3, 0.4) is 0 Å². The highest BCUT2D eigenvalue weighted by Gasteiger charge is 2.09. The van der Waals surface area contributed by atoms with Gasteiger partial charge in [-0.1, -0.05) is 0 Å². The average molecular weight is 174 g/mol. The lowest BCUT2D eigenvalue weighted by atomic mass is 10.4. The smallest absolute Gasteiger partial charge is 0.321 e. The van der Waals surface area contributed by atoms with Gasteiger partial charge in [0.15, 0.2) is 0 Å². The van der Waals surface area contributed by atoms with Crippen molar-refractivity contribution >= 4 is 17.7 Å². The van der Waals surface area contributed by atoms with E-state index in [2.05, 4.69) is 0 Å². The van der Waals surface area contributed by atoms with Gasteiger partial charge in [0.25, 0.3) is 0 Å². The van der Waals surface area contributed by atoms with E-state index in [1.165, 1.54) is 11.8 Å². The normalized spacial score (nSPS) is 12.0. The lowest BCUT2D eigenvalue weighted by Crippen LogP contribution is -2.32. The molecule has 0 heterocycles. The Balaban J connectivity index is 3.26. The van der Waals surface area contributed by atoms with Crippen LogP contribution in [0.15, 0.2) is 0 Å². The Labute approximate surface area is 69.4 Å². The Bertz CT molecular complexity index is 166. The van der Waals surface area contributed by atoms with Gasteiger partial charge in [-0.15, -0.1) is 0 Å². The van der Waals surface area contributed by atoms with Crippen LogP contribution in [-0.2, 0) is 4.79 Å². The van der Waals surface area contributed by atoms with Crippen LogP contribution in [0.2, 0.25) is 0 Å². The Morgan fingerprint density at radius 3 is 2.91 bits per heavy atom. The fourth-order valence-corrected chi connectivity index (χ4v) is 1.20. The molecule has 0 aromatic carbocycles. The van der Waals surface area contributed by atoms with Crippen molar-refractivity contribution in [1.82, 2.24) is 0 Å². The van der Waals surface area contributed by atoms with Gasteiger partial charge in [0.05, 0.1) is 6.07 Å². The van der Waals surface area contributed by atoms with E-state index in [0.717, 1.165) is 0 Å². The van der Waals surface area contributed by atoms with Gasteiger partial charge >= 0.3 is 5.97 Å². The molecular weight excluding hydrogens is 164 g/mol. The molecule has 0 amide bonds. The minimum Gasteiger partial charge on any atom is -0.480 e. The summed E-state index contributed by atoms with van der Waals surface area (Å²) in [6.45, 7) is 0. The number of carboxylic acids is 1. The van der Waals surface area contributed by atoms with Gasteiger partial charge in [-0.25, -0.2) is 0 Å². The number of carbonyl (C=O) groups is 1. The molecule has 0 unspecified atom stereocenters. The summed E-state index contributed by atoms with van der Waals surface area (Å²) in [4.78, 5) is 10.2. The van der Waals surface area contributed by atoms with Gasteiger partial charge in [0.2, 0.25) is 0 Å². The standard InChI is InChI=1S/C6H10N2O2S/c7-2-1-3-11-4-5(8)6(9)10/h5H,1,3-4,8H2,(H,9,10)/t5-/m0/s1. The third kappa shape index (κ3) is 5.70. The highest BCUT2D eigenvalue weighted by Crippen LogP contribution is 2.02. The molecule has 0 aliphatic carbocycles. The van der Waals surface area contributed by atoms with E-state index in [1.807, 2.05) is 6.07 Å². The molecule has 0 aliphatic heterocycles. The quantitative estimate of drug-likeness (QED) is 0.575. The Kier molecular flexibility index (Phi) is 5.61. The Hall–Kier alpha value is -0.730. The molecule has 5 heteroatoms. The number of nitrogens with zero attached hydrogens (tertiary/aromatic N) is 1.